The maximum absolute atomic E-state index is 12.2. The number of benzene rings is 2. The number of rotatable bonds is 5. The van der Waals surface area contributed by atoms with Gasteiger partial charge in [0.15, 0.2) is 0 Å². The van der Waals surface area contributed by atoms with Crippen LogP contribution in [0, 0.1) is 10.1 Å². The number of nitro groups is 1. The van der Waals surface area contributed by atoms with Gasteiger partial charge in [0.05, 0.1) is 16.6 Å². The van der Waals surface area contributed by atoms with Crippen LogP contribution in [-0.4, -0.2) is 26.9 Å². The number of hydrogen-bond acceptors (Lipinski definition) is 5. The van der Waals surface area contributed by atoms with Crippen molar-refractivity contribution in [1.29, 1.82) is 0 Å². The molecule has 0 spiro atoms. The largest absolute Gasteiger partial charge is 0.324 e. The second-order valence-electron chi connectivity index (χ2n) is 5.08. The monoisotopic (exact) mass is 342 g/mol. The Bertz CT molecular complexity index is 905. The molecule has 1 aromatic heterocycles. The number of fused-ring (bicyclic) bond motifs is 1. The summed E-state index contributed by atoms with van der Waals surface area (Å²) in [5, 5.41) is 18.6. The number of nitrogens with one attached hydrogen (secondary N) is 1. The Kier molecular flexibility index (Phi) is 4.48. The van der Waals surface area contributed by atoms with Gasteiger partial charge in [-0.05, 0) is 36.6 Å². The van der Waals surface area contributed by atoms with Crippen molar-refractivity contribution in [3.63, 3.8) is 0 Å². The van der Waals surface area contributed by atoms with Crippen molar-refractivity contribution in [2.75, 3.05) is 11.6 Å². The van der Waals surface area contributed by atoms with Crippen molar-refractivity contribution in [2.24, 2.45) is 0 Å². The zero-order chi connectivity index (χ0) is 17.1. The maximum Gasteiger partial charge on any atom is 0.271 e. The van der Waals surface area contributed by atoms with E-state index in [2.05, 4.69) is 10.4 Å². The Morgan fingerprint density at radius 2 is 2.04 bits per heavy atom. The Hall–Kier alpha value is -2.87. The molecule has 0 fully saturated rings. The van der Waals surface area contributed by atoms with Crippen LogP contribution in [0.5, 0.6) is 0 Å². The summed E-state index contributed by atoms with van der Waals surface area (Å²) in [5.41, 5.74) is 1.22. The molecule has 0 aliphatic rings. The average molecular weight is 342 g/mol. The lowest BCUT2D eigenvalue weighted by molar-refractivity contribution is -0.384. The first-order valence-corrected chi connectivity index (χ1v) is 8.33. The minimum atomic E-state index is -0.468. The van der Waals surface area contributed by atoms with Crippen LogP contribution < -0.4 is 5.32 Å². The third kappa shape index (κ3) is 3.38. The molecule has 2 aromatic carbocycles. The molecule has 0 atom stereocenters. The Morgan fingerprint density at radius 1 is 1.29 bits per heavy atom. The van der Waals surface area contributed by atoms with Crippen molar-refractivity contribution in [2.45, 2.75) is 11.4 Å². The third-order valence-corrected chi connectivity index (χ3v) is 4.25. The first-order chi connectivity index (χ1) is 11.6. The van der Waals surface area contributed by atoms with Gasteiger partial charge in [0.25, 0.3) is 5.69 Å². The van der Waals surface area contributed by atoms with Gasteiger partial charge in [-0.2, -0.15) is 5.10 Å². The molecule has 0 unspecified atom stereocenters. The fourth-order valence-electron chi connectivity index (χ4n) is 2.31. The Balaban J connectivity index is 1.77. The van der Waals surface area contributed by atoms with Gasteiger partial charge < -0.3 is 5.32 Å². The zero-order valence-electron chi connectivity index (χ0n) is 12.8. The summed E-state index contributed by atoms with van der Waals surface area (Å²) in [6.07, 6.45) is 3.56. The van der Waals surface area contributed by atoms with Crippen molar-refractivity contribution in [1.82, 2.24) is 9.78 Å². The van der Waals surface area contributed by atoms with E-state index in [0.717, 1.165) is 10.3 Å². The number of carbonyl (C=O) groups is 1. The molecular weight excluding hydrogens is 328 g/mol. The minimum Gasteiger partial charge on any atom is -0.324 e. The molecule has 122 valence electrons. The lowest BCUT2D eigenvalue weighted by Crippen LogP contribution is -2.19. The zero-order valence-corrected chi connectivity index (χ0v) is 13.6. The topological polar surface area (TPSA) is 90.1 Å². The summed E-state index contributed by atoms with van der Waals surface area (Å²) >= 11 is 1.62. The molecule has 3 aromatic rings. The molecular formula is C16H14N4O3S. The predicted octanol–water partition coefficient (Wildman–Crippen LogP) is 3.31. The summed E-state index contributed by atoms with van der Waals surface area (Å²) in [6.45, 7) is -0.0189. The van der Waals surface area contributed by atoms with Crippen molar-refractivity contribution >= 4 is 39.9 Å². The van der Waals surface area contributed by atoms with Gasteiger partial charge in [-0.3, -0.25) is 19.6 Å². The lowest BCUT2D eigenvalue weighted by atomic mass is 10.2. The van der Waals surface area contributed by atoms with Crippen LogP contribution in [0.1, 0.15) is 0 Å². The van der Waals surface area contributed by atoms with Gasteiger partial charge in [-0.15, -0.1) is 11.8 Å². The maximum atomic E-state index is 12.2. The SMILES string of the molecule is CSc1ccc(NC(=O)Cn2ncc3ccc([N+](=O)[O-])cc32)cc1. The average Bonchev–Trinajstić information content (AvgIpc) is 2.97. The molecule has 0 radical (unpaired) electrons. The van der Waals surface area contributed by atoms with Gasteiger partial charge in [0.1, 0.15) is 6.54 Å². The van der Waals surface area contributed by atoms with Gasteiger partial charge in [-0.25, -0.2) is 0 Å². The standard InChI is InChI=1S/C16H14N4O3S/c1-24-14-6-3-12(4-7-14)18-16(21)10-19-15-8-13(20(22)23)5-2-11(15)9-17-19/h2-9H,10H2,1H3,(H,18,21). The van der Waals surface area contributed by atoms with E-state index in [0.29, 0.717) is 11.2 Å². The van der Waals surface area contributed by atoms with Gasteiger partial charge in [-0.1, -0.05) is 0 Å². The smallest absolute Gasteiger partial charge is 0.271 e. The quantitative estimate of drug-likeness (QED) is 0.436. The fraction of sp³-hybridized carbons (Fsp3) is 0.125. The van der Waals surface area contributed by atoms with E-state index in [1.54, 1.807) is 24.0 Å². The molecule has 1 heterocycles. The van der Waals surface area contributed by atoms with E-state index in [4.69, 9.17) is 0 Å². The van der Waals surface area contributed by atoms with E-state index >= 15 is 0 Å². The predicted molar refractivity (Wildman–Crippen MR) is 93.2 cm³/mol. The summed E-state index contributed by atoms with van der Waals surface area (Å²) < 4.78 is 1.45. The summed E-state index contributed by atoms with van der Waals surface area (Å²) in [4.78, 5) is 23.7. The number of non-ortho nitro benzene ring substituents is 1. The van der Waals surface area contributed by atoms with Crippen molar-refractivity contribution in [3.05, 3.63) is 58.8 Å². The number of hydrogen-bond donors (Lipinski definition) is 1. The van der Waals surface area contributed by atoms with Crippen LogP contribution in [-0.2, 0) is 11.3 Å². The summed E-state index contributed by atoms with van der Waals surface area (Å²) in [6, 6.07) is 12.0. The number of thioether (sulfide) groups is 1. The minimum absolute atomic E-state index is 0.0189. The fourth-order valence-corrected chi connectivity index (χ4v) is 2.72. The highest BCUT2D eigenvalue weighted by atomic mass is 32.2. The van der Waals surface area contributed by atoms with Gasteiger partial charge in [0.2, 0.25) is 5.91 Å². The van der Waals surface area contributed by atoms with Gasteiger partial charge in [0, 0.05) is 28.1 Å². The first-order valence-electron chi connectivity index (χ1n) is 7.10. The molecule has 0 aliphatic carbocycles. The van der Waals surface area contributed by atoms with E-state index in [9.17, 15) is 14.9 Å². The van der Waals surface area contributed by atoms with E-state index < -0.39 is 4.92 Å². The molecule has 7 nitrogen and oxygen atoms in total. The van der Waals surface area contributed by atoms with Gasteiger partial charge >= 0.3 is 0 Å². The number of nitro benzene ring substituents is 1. The molecule has 1 N–H and O–H groups in total. The molecule has 3 rings (SSSR count). The molecule has 0 saturated heterocycles. The van der Waals surface area contributed by atoms with Crippen LogP contribution in [0.15, 0.2) is 53.6 Å². The van der Waals surface area contributed by atoms with Crippen LogP contribution in [0.25, 0.3) is 10.9 Å². The summed E-state index contributed by atoms with van der Waals surface area (Å²) in [5.74, 6) is -0.247. The highest BCUT2D eigenvalue weighted by Crippen LogP contribution is 2.21. The lowest BCUT2D eigenvalue weighted by Gasteiger charge is -2.07. The Morgan fingerprint density at radius 3 is 2.71 bits per heavy atom. The van der Waals surface area contributed by atoms with E-state index in [1.807, 2.05) is 30.5 Å². The molecule has 1 amide bonds. The third-order valence-electron chi connectivity index (χ3n) is 3.51. The van der Waals surface area contributed by atoms with Crippen molar-refractivity contribution in [3.8, 4) is 0 Å². The van der Waals surface area contributed by atoms with E-state index in [-0.39, 0.29) is 18.1 Å². The Labute approximate surface area is 141 Å². The summed E-state index contributed by atoms with van der Waals surface area (Å²) in [7, 11) is 0. The van der Waals surface area contributed by atoms with Crippen LogP contribution in [0.3, 0.4) is 0 Å². The highest BCUT2D eigenvalue weighted by Gasteiger charge is 2.12. The molecule has 8 heteroatoms. The van der Waals surface area contributed by atoms with Crippen molar-refractivity contribution < 1.29 is 9.72 Å². The number of anilines is 1. The second kappa shape index (κ2) is 6.71. The normalized spacial score (nSPS) is 10.7. The van der Waals surface area contributed by atoms with Crippen LogP contribution in [0.4, 0.5) is 11.4 Å². The van der Waals surface area contributed by atoms with E-state index in [1.165, 1.54) is 16.8 Å². The molecule has 0 aliphatic heterocycles. The highest BCUT2D eigenvalue weighted by molar-refractivity contribution is 7.98. The molecule has 0 bridgehead atoms. The van der Waals surface area contributed by atoms with Crippen LogP contribution >= 0.6 is 11.8 Å². The molecule has 24 heavy (non-hydrogen) atoms. The van der Waals surface area contributed by atoms with Crippen LogP contribution in [0.2, 0.25) is 0 Å². The molecule has 0 saturated carbocycles. The second-order valence-corrected chi connectivity index (χ2v) is 5.96. The number of nitrogens with zero attached hydrogens (tertiary/aromatic N) is 3. The number of amides is 1. The first kappa shape index (κ1) is 16.0. The number of aromatic nitrogens is 2. The number of carbonyl (C=O) groups excluding carboxylic acids is 1.